The minimum Gasteiger partial charge on any atom is -0.376 e. The molecule has 4 heterocycles. The Morgan fingerprint density at radius 2 is 1.72 bits per heavy atom. The number of halogens is 4. The van der Waals surface area contributed by atoms with Crippen LogP contribution in [0.4, 0.5) is 17.6 Å². The normalized spacial score (nSPS) is 24.5. The summed E-state index contributed by atoms with van der Waals surface area (Å²) in [6.07, 6.45) is 0.907. The minimum atomic E-state index is -4.19. The highest BCUT2D eigenvalue weighted by Crippen LogP contribution is 2.55. The van der Waals surface area contributed by atoms with Crippen molar-refractivity contribution in [1.82, 2.24) is 40.2 Å². The maximum atomic E-state index is 13.9. The Balaban J connectivity index is 0.977. The van der Waals surface area contributed by atoms with E-state index in [1.807, 2.05) is 28.0 Å². The largest absolute Gasteiger partial charge is 0.391 e. The number of carbonyl (C=O) groups is 2. The number of alkyl halides is 3. The Labute approximate surface area is 310 Å². The monoisotopic (exact) mass is 748 g/mol. The number of H-pyrrole nitrogens is 1. The van der Waals surface area contributed by atoms with Gasteiger partial charge in [-0.25, -0.2) is 4.39 Å². The van der Waals surface area contributed by atoms with E-state index >= 15 is 0 Å². The molecule has 0 radical (unpaired) electrons. The fraction of sp³-hybridized carbons (Fsp3) is 0.538. The molecule has 4 aliphatic rings. The number of hydrogen-bond donors (Lipinski definition) is 1. The van der Waals surface area contributed by atoms with Crippen LogP contribution < -0.4 is 0 Å². The number of aromatic amines is 1. The van der Waals surface area contributed by atoms with E-state index in [-0.39, 0.29) is 65.7 Å². The zero-order valence-corrected chi connectivity index (χ0v) is 30.4. The van der Waals surface area contributed by atoms with Gasteiger partial charge in [-0.05, 0) is 77.5 Å². The van der Waals surface area contributed by atoms with E-state index in [9.17, 15) is 27.2 Å². The van der Waals surface area contributed by atoms with Gasteiger partial charge >= 0.3 is 6.18 Å². The number of tetrazole rings is 1. The molecule has 8 rings (SSSR count). The molecule has 4 fully saturated rings. The van der Waals surface area contributed by atoms with E-state index in [0.29, 0.717) is 63.6 Å². The second kappa shape index (κ2) is 13.9. The van der Waals surface area contributed by atoms with Gasteiger partial charge in [0, 0.05) is 55.2 Å². The van der Waals surface area contributed by atoms with Crippen LogP contribution in [0, 0.1) is 34.4 Å². The average Bonchev–Trinajstić information content (AvgIpc) is 3.63. The average molecular weight is 749 g/mol. The lowest BCUT2D eigenvalue weighted by atomic mass is 9.71. The molecule has 2 aromatic heterocycles. The smallest absolute Gasteiger partial charge is 0.376 e. The first-order chi connectivity index (χ1) is 25.8. The van der Waals surface area contributed by atoms with E-state index in [2.05, 4.69) is 39.6 Å². The van der Waals surface area contributed by atoms with Crippen molar-refractivity contribution in [1.29, 1.82) is 0 Å². The standard InChI is InChI=1S/C39H44F4N8O3/c1-37(2)14-32(37)36(53)50-22-38(23-50)21-49(35(52)27-15-44-51(17-27)16-24-6-12-30(40)13-7-24)18-29(38)20-54-19-26-4-3-5-31(33(26)34-45-47-48-46-34)25-8-10-28(11-9-25)39(41,42)43/h3-7,12-13,15,17,25,28-29,32H,8-11,14,16,18-23H2,1-2H3,(H,45,46,47,48)/t25?,28?,29-,32+/m0/s1. The van der Waals surface area contributed by atoms with E-state index in [0.717, 1.165) is 28.7 Å². The number of aromatic nitrogens is 6. The van der Waals surface area contributed by atoms with Gasteiger partial charge in [-0.1, -0.05) is 44.2 Å². The highest BCUT2D eigenvalue weighted by Gasteiger charge is 2.60. The molecule has 4 aromatic rings. The molecule has 1 N–H and O–H groups in total. The van der Waals surface area contributed by atoms with Crippen LogP contribution in [0.15, 0.2) is 54.9 Å². The third-order valence-electron chi connectivity index (χ3n) is 12.3. The summed E-state index contributed by atoms with van der Waals surface area (Å²) in [5.41, 5.74) is 3.41. The zero-order chi connectivity index (χ0) is 37.8. The summed E-state index contributed by atoms with van der Waals surface area (Å²) in [5.74, 6) is -1.33. The summed E-state index contributed by atoms with van der Waals surface area (Å²) in [6, 6.07) is 11.9. The first-order valence-corrected chi connectivity index (χ1v) is 18.6. The fourth-order valence-corrected chi connectivity index (χ4v) is 8.94. The Kier molecular flexibility index (Phi) is 9.34. The van der Waals surface area contributed by atoms with Crippen LogP contribution >= 0.6 is 0 Å². The summed E-state index contributed by atoms with van der Waals surface area (Å²) in [4.78, 5) is 31.0. The number of carbonyl (C=O) groups excluding carboxylic acids is 2. The number of benzene rings is 2. The predicted molar refractivity (Wildman–Crippen MR) is 188 cm³/mol. The number of ether oxygens (including phenoxy) is 1. The number of amides is 2. The second-order valence-electron chi connectivity index (χ2n) is 16.5. The number of nitrogens with one attached hydrogen (secondary N) is 1. The molecule has 0 unspecified atom stereocenters. The Morgan fingerprint density at radius 3 is 2.39 bits per heavy atom. The maximum absolute atomic E-state index is 13.9. The topological polar surface area (TPSA) is 122 Å². The lowest BCUT2D eigenvalue weighted by molar-refractivity contribution is -0.182. The number of nitrogens with zero attached hydrogens (tertiary/aromatic N) is 7. The quantitative estimate of drug-likeness (QED) is 0.190. The highest BCUT2D eigenvalue weighted by molar-refractivity contribution is 5.94. The molecule has 2 aliphatic heterocycles. The molecule has 286 valence electrons. The highest BCUT2D eigenvalue weighted by atomic mass is 19.4. The van der Waals surface area contributed by atoms with Gasteiger partial charge in [0.1, 0.15) is 5.82 Å². The molecule has 2 saturated carbocycles. The van der Waals surface area contributed by atoms with Crippen LogP contribution in [0.2, 0.25) is 0 Å². The number of likely N-dealkylation sites (tertiary alicyclic amines) is 2. The summed E-state index contributed by atoms with van der Waals surface area (Å²) < 4.78 is 61.9. The second-order valence-corrected chi connectivity index (χ2v) is 16.5. The van der Waals surface area contributed by atoms with Crippen LogP contribution in [-0.4, -0.2) is 91.0 Å². The lowest BCUT2D eigenvalue weighted by Crippen LogP contribution is -2.63. The van der Waals surface area contributed by atoms with Crippen molar-refractivity contribution in [3.05, 3.63) is 82.9 Å². The van der Waals surface area contributed by atoms with Gasteiger partial charge in [-0.3, -0.25) is 14.3 Å². The van der Waals surface area contributed by atoms with Gasteiger partial charge in [-0.2, -0.15) is 23.5 Å². The Morgan fingerprint density at radius 1 is 1.00 bits per heavy atom. The van der Waals surface area contributed by atoms with Crippen LogP contribution in [0.3, 0.4) is 0 Å². The third-order valence-corrected chi connectivity index (χ3v) is 12.3. The Bertz CT molecular complexity index is 1980. The van der Waals surface area contributed by atoms with Crippen LogP contribution in [0.1, 0.15) is 78.9 Å². The van der Waals surface area contributed by atoms with Crippen molar-refractivity contribution in [2.24, 2.45) is 28.6 Å². The van der Waals surface area contributed by atoms with Gasteiger partial charge < -0.3 is 14.5 Å². The minimum absolute atomic E-state index is 0.0106. The molecule has 2 amide bonds. The van der Waals surface area contributed by atoms with E-state index in [1.165, 1.54) is 12.1 Å². The molecule has 2 aliphatic carbocycles. The first-order valence-electron chi connectivity index (χ1n) is 18.6. The molecule has 2 saturated heterocycles. The summed E-state index contributed by atoms with van der Waals surface area (Å²) in [5, 5.41) is 19.1. The van der Waals surface area contributed by atoms with Gasteiger partial charge in [0.15, 0.2) is 0 Å². The van der Waals surface area contributed by atoms with E-state index < -0.39 is 12.1 Å². The predicted octanol–water partition coefficient (Wildman–Crippen LogP) is 6.25. The molecular formula is C39H44F4N8O3. The van der Waals surface area contributed by atoms with Crippen LogP contribution in [-0.2, 0) is 22.7 Å². The molecule has 0 bridgehead atoms. The van der Waals surface area contributed by atoms with E-state index in [4.69, 9.17) is 4.74 Å². The van der Waals surface area contributed by atoms with Crippen molar-refractivity contribution in [3.8, 4) is 11.4 Å². The van der Waals surface area contributed by atoms with Gasteiger partial charge in [0.05, 0.1) is 37.4 Å². The summed E-state index contributed by atoms with van der Waals surface area (Å²) >= 11 is 0. The lowest BCUT2D eigenvalue weighted by Gasteiger charge is -2.51. The maximum Gasteiger partial charge on any atom is 0.391 e. The van der Waals surface area contributed by atoms with Gasteiger partial charge in [-0.15, -0.1) is 10.2 Å². The van der Waals surface area contributed by atoms with E-state index in [1.54, 1.807) is 29.2 Å². The first kappa shape index (κ1) is 36.3. The number of hydrogen-bond acceptors (Lipinski definition) is 7. The van der Waals surface area contributed by atoms with Gasteiger partial charge in [0.2, 0.25) is 11.7 Å². The molecule has 11 nitrogen and oxygen atoms in total. The SMILES string of the molecule is CC1(C)C[C@@H]1C(=O)N1CC2(CN(C(=O)c3cnn(Cc4ccc(F)cc4)c3)C[C@H]2COCc2cccc(C3CCC(C(F)(F)F)CC3)c2-c2nn[nH]n2)C1. The fourth-order valence-electron chi connectivity index (χ4n) is 8.94. The van der Waals surface area contributed by atoms with Crippen LogP contribution in [0.25, 0.3) is 11.4 Å². The molecule has 54 heavy (non-hydrogen) atoms. The molecule has 2 atom stereocenters. The Hall–Kier alpha value is -4.66. The molecule has 1 spiro atoms. The van der Waals surface area contributed by atoms with Gasteiger partial charge in [0.25, 0.3) is 5.91 Å². The third kappa shape index (κ3) is 7.14. The number of rotatable bonds is 10. The molecule has 2 aromatic carbocycles. The van der Waals surface area contributed by atoms with Crippen LogP contribution in [0.5, 0.6) is 0 Å². The van der Waals surface area contributed by atoms with Crippen molar-refractivity contribution < 1.29 is 31.9 Å². The van der Waals surface area contributed by atoms with Crippen molar-refractivity contribution in [2.45, 2.75) is 71.2 Å². The van der Waals surface area contributed by atoms with Crippen molar-refractivity contribution in [3.63, 3.8) is 0 Å². The summed E-state index contributed by atoms with van der Waals surface area (Å²) in [6.45, 7) is 7.16. The summed E-state index contributed by atoms with van der Waals surface area (Å²) in [7, 11) is 0. The zero-order valence-electron chi connectivity index (χ0n) is 30.4. The van der Waals surface area contributed by atoms with Crippen molar-refractivity contribution >= 4 is 11.8 Å². The molecular weight excluding hydrogens is 704 g/mol. The van der Waals surface area contributed by atoms with Crippen molar-refractivity contribution in [2.75, 3.05) is 32.8 Å². The molecule has 15 heteroatoms.